The zero-order valence-electron chi connectivity index (χ0n) is 18.8. The zero-order chi connectivity index (χ0) is 23.0. The maximum absolute atomic E-state index is 13.6. The number of benzene rings is 2. The van der Waals surface area contributed by atoms with E-state index in [0.717, 1.165) is 17.1 Å². The first-order valence-electron chi connectivity index (χ1n) is 10.4. The van der Waals surface area contributed by atoms with Gasteiger partial charge in [0.15, 0.2) is 0 Å². The number of carbonyl (C=O) groups is 1. The van der Waals surface area contributed by atoms with Crippen molar-refractivity contribution in [3.63, 3.8) is 0 Å². The minimum atomic E-state index is -0.376. The highest BCUT2D eigenvalue weighted by Gasteiger charge is 2.34. The molecule has 0 saturated heterocycles. The summed E-state index contributed by atoms with van der Waals surface area (Å²) in [5.74, 6) is 0.492. The van der Waals surface area contributed by atoms with E-state index in [1.54, 1.807) is 30.3 Å². The average Bonchev–Trinajstić information content (AvgIpc) is 2.77. The summed E-state index contributed by atoms with van der Waals surface area (Å²) in [7, 11) is 3.29. The number of rotatable bonds is 5. The number of aromatic nitrogens is 2. The highest BCUT2D eigenvalue weighted by Crippen LogP contribution is 2.39. The van der Waals surface area contributed by atoms with Crippen LogP contribution in [-0.2, 0) is 4.79 Å². The van der Waals surface area contributed by atoms with Crippen molar-refractivity contribution in [2.75, 3.05) is 29.3 Å². The number of halogens is 1. The summed E-state index contributed by atoms with van der Waals surface area (Å²) in [6, 6.07) is 11.8. The normalized spacial score (nSPS) is 15.7. The molecule has 1 N–H and O–H groups in total. The SMILES string of the molecule is COc1cc(F)ccc1-c1ccnc(Nc2ccc3c(c2)N(C(C)C)C(C)C(=O)N3C)n1. The van der Waals surface area contributed by atoms with E-state index in [1.165, 1.54) is 19.2 Å². The van der Waals surface area contributed by atoms with Crippen LogP contribution in [0.4, 0.5) is 27.4 Å². The molecule has 166 valence electrons. The molecule has 32 heavy (non-hydrogen) atoms. The number of carbonyl (C=O) groups excluding carboxylic acids is 1. The van der Waals surface area contributed by atoms with Crippen LogP contribution in [-0.4, -0.2) is 42.1 Å². The molecule has 1 amide bonds. The number of nitrogens with one attached hydrogen (secondary N) is 1. The van der Waals surface area contributed by atoms with Gasteiger partial charge in [-0.25, -0.2) is 14.4 Å². The number of hydrogen-bond donors (Lipinski definition) is 1. The molecule has 1 aromatic heterocycles. The van der Waals surface area contributed by atoms with E-state index in [2.05, 4.69) is 34.0 Å². The quantitative estimate of drug-likeness (QED) is 0.631. The van der Waals surface area contributed by atoms with Crippen LogP contribution in [0, 0.1) is 5.82 Å². The molecule has 1 unspecified atom stereocenters. The first-order valence-corrected chi connectivity index (χ1v) is 10.4. The van der Waals surface area contributed by atoms with Gasteiger partial charge in [0.1, 0.15) is 17.6 Å². The number of methoxy groups -OCH3 is 1. The Balaban J connectivity index is 1.68. The van der Waals surface area contributed by atoms with Crippen LogP contribution >= 0.6 is 0 Å². The molecule has 0 fully saturated rings. The van der Waals surface area contributed by atoms with Crippen molar-refractivity contribution in [3.8, 4) is 17.0 Å². The minimum Gasteiger partial charge on any atom is -0.496 e. The lowest BCUT2D eigenvalue weighted by Crippen LogP contribution is -2.53. The van der Waals surface area contributed by atoms with Crippen LogP contribution < -0.4 is 19.9 Å². The van der Waals surface area contributed by atoms with Crippen molar-refractivity contribution in [1.29, 1.82) is 0 Å². The molecule has 1 aliphatic heterocycles. The van der Waals surface area contributed by atoms with Crippen LogP contribution in [0.3, 0.4) is 0 Å². The predicted molar refractivity (Wildman–Crippen MR) is 124 cm³/mol. The molecular formula is C24H26FN5O2. The smallest absolute Gasteiger partial charge is 0.249 e. The van der Waals surface area contributed by atoms with E-state index in [0.29, 0.717) is 23.0 Å². The molecule has 2 heterocycles. The Morgan fingerprint density at radius 3 is 2.62 bits per heavy atom. The van der Waals surface area contributed by atoms with Gasteiger partial charge in [-0.15, -0.1) is 0 Å². The van der Waals surface area contributed by atoms with E-state index in [1.807, 2.05) is 25.1 Å². The fourth-order valence-electron chi connectivity index (χ4n) is 4.12. The zero-order valence-corrected chi connectivity index (χ0v) is 18.8. The Hall–Kier alpha value is -3.68. The van der Waals surface area contributed by atoms with Gasteiger partial charge in [0.05, 0.1) is 24.2 Å². The Labute approximate surface area is 186 Å². The lowest BCUT2D eigenvalue weighted by molar-refractivity contribution is -0.119. The van der Waals surface area contributed by atoms with Gasteiger partial charge >= 0.3 is 0 Å². The summed E-state index contributed by atoms with van der Waals surface area (Å²) in [5.41, 5.74) is 3.91. The third-order valence-electron chi connectivity index (χ3n) is 5.63. The van der Waals surface area contributed by atoms with Crippen LogP contribution in [0.1, 0.15) is 20.8 Å². The highest BCUT2D eigenvalue weighted by molar-refractivity contribution is 6.05. The standard InChI is InChI=1S/C24H26FN5O2/c1-14(2)30-15(3)23(31)29(4)20-9-7-17(13-21(20)30)27-24-26-11-10-19(28-24)18-8-6-16(25)12-22(18)32-5/h6-15H,1-5H3,(H,26,27,28). The van der Waals surface area contributed by atoms with E-state index < -0.39 is 0 Å². The van der Waals surface area contributed by atoms with Crippen LogP contribution in [0.15, 0.2) is 48.7 Å². The lowest BCUT2D eigenvalue weighted by Gasteiger charge is -2.42. The van der Waals surface area contributed by atoms with Crippen molar-refractivity contribution < 1.29 is 13.9 Å². The molecule has 2 aromatic carbocycles. The summed E-state index contributed by atoms with van der Waals surface area (Å²) in [4.78, 5) is 25.4. The molecule has 1 aliphatic rings. The molecule has 1 atom stereocenters. The van der Waals surface area contributed by atoms with E-state index in [4.69, 9.17) is 4.74 Å². The number of nitrogens with zero attached hydrogens (tertiary/aromatic N) is 4. The number of likely N-dealkylation sites (N-methyl/N-ethyl adjacent to an activating group) is 1. The fraction of sp³-hybridized carbons (Fsp3) is 0.292. The van der Waals surface area contributed by atoms with Crippen molar-refractivity contribution in [2.24, 2.45) is 0 Å². The molecule has 0 saturated carbocycles. The van der Waals surface area contributed by atoms with Gasteiger partial charge in [-0.05, 0) is 57.2 Å². The maximum atomic E-state index is 13.6. The van der Waals surface area contributed by atoms with Gasteiger partial charge in [0.2, 0.25) is 11.9 Å². The van der Waals surface area contributed by atoms with Crippen molar-refractivity contribution in [2.45, 2.75) is 32.9 Å². The molecule has 3 aromatic rings. The second-order valence-corrected chi connectivity index (χ2v) is 8.01. The summed E-state index contributed by atoms with van der Waals surface area (Å²) in [6.07, 6.45) is 1.64. The first-order chi connectivity index (χ1) is 15.3. The Morgan fingerprint density at radius 1 is 1.12 bits per heavy atom. The summed E-state index contributed by atoms with van der Waals surface area (Å²) < 4.78 is 18.9. The van der Waals surface area contributed by atoms with Gasteiger partial charge < -0.3 is 19.9 Å². The lowest BCUT2D eigenvalue weighted by atomic mass is 10.0. The number of anilines is 4. The van der Waals surface area contributed by atoms with Gasteiger partial charge in [-0.3, -0.25) is 4.79 Å². The first kappa shape index (κ1) is 21.5. The summed E-state index contributed by atoms with van der Waals surface area (Å²) >= 11 is 0. The Morgan fingerprint density at radius 2 is 1.91 bits per heavy atom. The Bertz CT molecular complexity index is 1170. The van der Waals surface area contributed by atoms with Crippen molar-refractivity contribution >= 4 is 28.9 Å². The minimum absolute atomic E-state index is 0.0659. The van der Waals surface area contributed by atoms with Gasteiger partial charge in [-0.2, -0.15) is 0 Å². The highest BCUT2D eigenvalue weighted by atomic mass is 19.1. The summed E-state index contributed by atoms with van der Waals surface area (Å²) in [5, 5.41) is 3.25. The molecule has 0 bridgehead atoms. The fourth-order valence-corrected chi connectivity index (χ4v) is 4.12. The van der Waals surface area contributed by atoms with Gasteiger partial charge in [-0.1, -0.05) is 0 Å². The molecule has 0 spiro atoms. The molecule has 4 rings (SSSR count). The van der Waals surface area contributed by atoms with Gasteiger partial charge in [0.25, 0.3) is 0 Å². The summed E-state index contributed by atoms with van der Waals surface area (Å²) in [6.45, 7) is 6.06. The van der Waals surface area contributed by atoms with Crippen molar-refractivity contribution in [3.05, 3.63) is 54.5 Å². The average molecular weight is 436 g/mol. The second-order valence-electron chi connectivity index (χ2n) is 8.01. The van der Waals surface area contributed by atoms with Crippen LogP contribution in [0.2, 0.25) is 0 Å². The molecule has 0 aliphatic carbocycles. The largest absolute Gasteiger partial charge is 0.496 e. The van der Waals surface area contributed by atoms with Gasteiger partial charge in [0, 0.05) is 36.6 Å². The van der Waals surface area contributed by atoms with E-state index >= 15 is 0 Å². The number of amides is 1. The van der Waals surface area contributed by atoms with E-state index in [-0.39, 0.29) is 23.8 Å². The molecule has 0 radical (unpaired) electrons. The number of fused-ring (bicyclic) bond motifs is 1. The van der Waals surface area contributed by atoms with E-state index in [9.17, 15) is 9.18 Å². The molecule has 8 heteroatoms. The third-order valence-corrected chi connectivity index (χ3v) is 5.63. The molecular weight excluding hydrogens is 409 g/mol. The Kier molecular flexibility index (Phi) is 5.69. The van der Waals surface area contributed by atoms with Crippen LogP contribution in [0.5, 0.6) is 5.75 Å². The van der Waals surface area contributed by atoms with Crippen molar-refractivity contribution in [1.82, 2.24) is 9.97 Å². The number of hydrogen-bond acceptors (Lipinski definition) is 6. The topological polar surface area (TPSA) is 70.6 Å². The third kappa shape index (κ3) is 3.84. The molecule has 7 nitrogen and oxygen atoms in total. The second kappa shape index (κ2) is 8.45. The number of ether oxygens (including phenoxy) is 1. The monoisotopic (exact) mass is 435 g/mol. The predicted octanol–water partition coefficient (Wildman–Crippen LogP) is 4.61. The maximum Gasteiger partial charge on any atom is 0.249 e. The van der Waals surface area contributed by atoms with Crippen LogP contribution in [0.25, 0.3) is 11.3 Å².